The number of likely N-dealkylation sites (tertiary alicyclic amines) is 1. The van der Waals surface area contributed by atoms with Crippen LogP contribution < -0.4 is 0 Å². The van der Waals surface area contributed by atoms with Gasteiger partial charge >= 0.3 is 0 Å². The molecular formula is C10H15FN2O. The molecule has 14 heavy (non-hydrogen) atoms. The van der Waals surface area contributed by atoms with Crippen molar-refractivity contribution in [3.8, 4) is 0 Å². The van der Waals surface area contributed by atoms with Crippen molar-refractivity contribution in [1.82, 2.24) is 10.1 Å². The molecule has 0 spiro atoms. The van der Waals surface area contributed by atoms with Gasteiger partial charge in [-0.25, -0.2) is 0 Å². The van der Waals surface area contributed by atoms with E-state index in [1.165, 1.54) is 0 Å². The first kappa shape index (κ1) is 9.65. The second kappa shape index (κ2) is 3.69. The Morgan fingerprint density at radius 3 is 3.07 bits per heavy atom. The van der Waals surface area contributed by atoms with E-state index in [-0.39, 0.29) is 18.6 Å². The van der Waals surface area contributed by atoms with Crippen LogP contribution in [-0.2, 0) is 0 Å². The average molecular weight is 198 g/mol. The summed E-state index contributed by atoms with van der Waals surface area (Å²) >= 11 is 0. The lowest BCUT2D eigenvalue weighted by molar-refractivity contribution is 0.199. The normalized spacial score (nSPS) is 28.5. The topological polar surface area (TPSA) is 29.3 Å². The van der Waals surface area contributed by atoms with Gasteiger partial charge in [0, 0.05) is 12.0 Å². The number of nitrogens with zero attached hydrogens (tertiary/aromatic N) is 2. The van der Waals surface area contributed by atoms with Crippen LogP contribution in [0.4, 0.5) is 4.39 Å². The van der Waals surface area contributed by atoms with Crippen LogP contribution in [-0.4, -0.2) is 30.3 Å². The lowest BCUT2D eigenvalue weighted by atomic mass is 10.00. The monoisotopic (exact) mass is 198 g/mol. The molecule has 2 rings (SSSR count). The quantitative estimate of drug-likeness (QED) is 0.727. The summed E-state index contributed by atoms with van der Waals surface area (Å²) in [6.45, 7) is 2.53. The van der Waals surface area contributed by atoms with Crippen LogP contribution in [0, 0.1) is 12.8 Å². The highest BCUT2D eigenvalue weighted by molar-refractivity contribution is 5.11. The zero-order chi connectivity index (χ0) is 10.1. The molecule has 1 fully saturated rings. The van der Waals surface area contributed by atoms with Crippen molar-refractivity contribution in [3.05, 3.63) is 17.5 Å². The third kappa shape index (κ3) is 1.54. The van der Waals surface area contributed by atoms with Gasteiger partial charge in [-0.15, -0.1) is 0 Å². The fourth-order valence-corrected chi connectivity index (χ4v) is 2.16. The highest BCUT2D eigenvalue weighted by atomic mass is 19.1. The predicted octanol–water partition coefficient (Wildman–Crippen LogP) is 1.95. The summed E-state index contributed by atoms with van der Waals surface area (Å²) in [6.07, 6.45) is 0.900. The number of aryl methyl sites for hydroxylation is 1. The second-order valence-corrected chi connectivity index (χ2v) is 4.00. The summed E-state index contributed by atoms with van der Waals surface area (Å²) < 4.78 is 17.9. The number of halogens is 1. The zero-order valence-electron chi connectivity index (χ0n) is 8.53. The first-order valence-electron chi connectivity index (χ1n) is 4.92. The molecule has 0 aliphatic carbocycles. The molecule has 0 bridgehead atoms. The summed E-state index contributed by atoms with van der Waals surface area (Å²) in [5, 5.41) is 3.84. The molecule has 4 heteroatoms. The molecule has 1 aromatic rings. The highest BCUT2D eigenvalue weighted by Crippen LogP contribution is 2.36. The summed E-state index contributed by atoms with van der Waals surface area (Å²) in [5.41, 5.74) is 0.859. The third-order valence-corrected chi connectivity index (χ3v) is 2.91. The van der Waals surface area contributed by atoms with Crippen molar-refractivity contribution in [2.75, 3.05) is 20.3 Å². The van der Waals surface area contributed by atoms with E-state index in [0.29, 0.717) is 0 Å². The Bertz CT molecular complexity index is 313. The minimum absolute atomic E-state index is 0.0624. The first-order valence-corrected chi connectivity index (χ1v) is 4.92. The zero-order valence-corrected chi connectivity index (χ0v) is 8.53. The van der Waals surface area contributed by atoms with Gasteiger partial charge in [0.25, 0.3) is 0 Å². The molecule has 0 amide bonds. The second-order valence-electron chi connectivity index (χ2n) is 4.00. The minimum Gasteiger partial charge on any atom is -0.359 e. The smallest absolute Gasteiger partial charge is 0.154 e. The van der Waals surface area contributed by atoms with Crippen LogP contribution in [0.25, 0.3) is 0 Å². The number of hydrogen-bond donors (Lipinski definition) is 0. The number of alkyl halides is 1. The Morgan fingerprint density at radius 2 is 2.50 bits per heavy atom. The summed E-state index contributed by atoms with van der Waals surface area (Å²) in [7, 11) is 2.00. The standard InChI is InChI=1S/C10H15FN2O/c1-7-5-9(14-12-7)10-8(6-11)3-4-13(10)2/h5,8,10H,3-4,6H2,1-2H3/t8-,10+/m1/s1. The lowest BCUT2D eigenvalue weighted by Gasteiger charge is -2.20. The number of hydrogen-bond acceptors (Lipinski definition) is 3. The highest BCUT2D eigenvalue weighted by Gasteiger charge is 2.35. The largest absolute Gasteiger partial charge is 0.359 e. The number of rotatable bonds is 2. The van der Waals surface area contributed by atoms with E-state index in [1.54, 1.807) is 0 Å². The summed E-state index contributed by atoms with van der Waals surface area (Å²) in [5.74, 6) is 0.859. The van der Waals surface area contributed by atoms with Crippen LogP contribution in [0.1, 0.15) is 23.9 Å². The van der Waals surface area contributed by atoms with Crippen LogP contribution in [0.5, 0.6) is 0 Å². The van der Waals surface area contributed by atoms with E-state index in [0.717, 1.165) is 24.4 Å². The molecule has 0 aromatic carbocycles. The van der Waals surface area contributed by atoms with Crippen LogP contribution in [0.2, 0.25) is 0 Å². The maximum absolute atomic E-state index is 12.7. The molecular weight excluding hydrogens is 183 g/mol. The maximum Gasteiger partial charge on any atom is 0.154 e. The summed E-state index contributed by atoms with van der Waals surface area (Å²) in [4.78, 5) is 2.13. The Hall–Kier alpha value is -0.900. The van der Waals surface area contributed by atoms with E-state index in [1.807, 2.05) is 20.0 Å². The lowest BCUT2D eigenvalue weighted by Crippen LogP contribution is -2.21. The molecule has 1 aliphatic rings. The van der Waals surface area contributed by atoms with E-state index in [4.69, 9.17) is 4.52 Å². The number of aromatic nitrogens is 1. The van der Waals surface area contributed by atoms with Gasteiger partial charge in [0.05, 0.1) is 18.4 Å². The summed E-state index contributed by atoms with van der Waals surface area (Å²) in [6, 6.07) is 1.97. The third-order valence-electron chi connectivity index (χ3n) is 2.91. The van der Waals surface area contributed by atoms with E-state index >= 15 is 0 Å². The Morgan fingerprint density at radius 1 is 1.71 bits per heavy atom. The molecule has 0 N–H and O–H groups in total. The van der Waals surface area contributed by atoms with Crippen molar-refractivity contribution in [1.29, 1.82) is 0 Å². The van der Waals surface area contributed by atoms with Gasteiger partial charge in [0.1, 0.15) is 0 Å². The minimum atomic E-state index is -0.283. The van der Waals surface area contributed by atoms with Gasteiger partial charge in [-0.1, -0.05) is 5.16 Å². The van der Waals surface area contributed by atoms with Crippen molar-refractivity contribution in [2.45, 2.75) is 19.4 Å². The molecule has 1 saturated heterocycles. The molecule has 1 aliphatic heterocycles. The van der Waals surface area contributed by atoms with Crippen LogP contribution >= 0.6 is 0 Å². The molecule has 0 unspecified atom stereocenters. The van der Waals surface area contributed by atoms with Crippen molar-refractivity contribution in [3.63, 3.8) is 0 Å². The van der Waals surface area contributed by atoms with Crippen molar-refractivity contribution in [2.24, 2.45) is 5.92 Å². The first-order chi connectivity index (χ1) is 6.72. The molecule has 2 atom stereocenters. The Balaban J connectivity index is 2.22. The Labute approximate surface area is 82.9 Å². The van der Waals surface area contributed by atoms with Crippen LogP contribution in [0.15, 0.2) is 10.6 Å². The molecule has 0 radical (unpaired) electrons. The van der Waals surface area contributed by atoms with Gasteiger partial charge in [0.15, 0.2) is 5.76 Å². The molecule has 0 saturated carbocycles. The van der Waals surface area contributed by atoms with Gasteiger partial charge in [-0.3, -0.25) is 9.29 Å². The fraction of sp³-hybridized carbons (Fsp3) is 0.700. The van der Waals surface area contributed by atoms with Gasteiger partial charge in [-0.2, -0.15) is 0 Å². The molecule has 78 valence electrons. The molecule has 3 nitrogen and oxygen atoms in total. The van der Waals surface area contributed by atoms with Crippen LogP contribution in [0.3, 0.4) is 0 Å². The molecule has 2 heterocycles. The predicted molar refractivity (Wildman–Crippen MR) is 50.7 cm³/mol. The van der Waals surface area contributed by atoms with E-state index in [2.05, 4.69) is 10.1 Å². The van der Waals surface area contributed by atoms with Crippen molar-refractivity contribution < 1.29 is 8.91 Å². The van der Waals surface area contributed by atoms with Gasteiger partial charge in [-0.05, 0) is 26.9 Å². The molecule has 1 aromatic heterocycles. The van der Waals surface area contributed by atoms with Crippen molar-refractivity contribution >= 4 is 0 Å². The van der Waals surface area contributed by atoms with E-state index in [9.17, 15) is 4.39 Å². The maximum atomic E-state index is 12.7. The van der Waals surface area contributed by atoms with Gasteiger partial charge < -0.3 is 4.52 Å². The SMILES string of the molecule is Cc1cc([C@@H]2[C@@H](CF)CCN2C)on1. The fourth-order valence-electron chi connectivity index (χ4n) is 2.16. The Kier molecular flexibility index (Phi) is 2.54. The average Bonchev–Trinajstić information content (AvgIpc) is 2.71. The van der Waals surface area contributed by atoms with E-state index < -0.39 is 0 Å². The van der Waals surface area contributed by atoms with Gasteiger partial charge in [0.2, 0.25) is 0 Å².